The minimum absolute atomic E-state index is 0.0198. The van der Waals surface area contributed by atoms with E-state index in [1.165, 1.54) is 6.20 Å². The molecule has 5 nitrogen and oxygen atoms in total. The second kappa shape index (κ2) is 6.83. The number of ether oxygens (including phenoxy) is 1. The van der Waals surface area contributed by atoms with Crippen molar-refractivity contribution in [3.63, 3.8) is 0 Å². The SMILES string of the molecule is CCOc1ccc(NC=C(C#N)C#N)cc1-n1cccc1. The van der Waals surface area contributed by atoms with Crippen LogP contribution in [0.5, 0.6) is 5.75 Å². The lowest BCUT2D eigenvalue weighted by Crippen LogP contribution is -2.00. The summed E-state index contributed by atoms with van der Waals surface area (Å²) in [5.74, 6) is 0.768. The van der Waals surface area contributed by atoms with Crippen LogP contribution in [0.1, 0.15) is 6.92 Å². The van der Waals surface area contributed by atoms with E-state index in [4.69, 9.17) is 15.3 Å². The molecule has 0 aliphatic rings. The molecule has 104 valence electrons. The van der Waals surface area contributed by atoms with Gasteiger partial charge in [0, 0.05) is 24.3 Å². The predicted octanol–water partition coefficient (Wildman–Crippen LogP) is 3.22. The first-order chi connectivity index (χ1) is 10.3. The summed E-state index contributed by atoms with van der Waals surface area (Å²) >= 11 is 0. The van der Waals surface area contributed by atoms with Gasteiger partial charge in [0.05, 0.1) is 12.3 Å². The van der Waals surface area contributed by atoms with E-state index in [0.29, 0.717) is 6.61 Å². The quantitative estimate of drug-likeness (QED) is 0.852. The van der Waals surface area contributed by atoms with Crippen LogP contribution in [-0.2, 0) is 0 Å². The van der Waals surface area contributed by atoms with Crippen LogP contribution in [0.2, 0.25) is 0 Å². The molecule has 0 saturated carbocycles. The molecule has 1 heterocycles. The first kappa shape index (κ1) is 14.2. The second-order valence-corrected chi connectivity index (χ2v) is 4.13. The van der Waals surface area contributed by atoms with E-state index < -0.39 is 0 Å². The predicted molar refractivity (Wildman–Crippen MR) is 79.9 cm³/mol. The van der Waals surface area contributed by atoms with Crippen LogP contribution in [0.15, 0.2) is 54.5 Å². The van der Waals surface area contributed by atoms with Gasteiger partial charge in [-0.05, 0) is 37.3 Å². The minimum Gasteiger partial charge on any atom is -0.492 e. The third kappa shape index (κ3) is 3.43. The molecule has 1 aromatic heterocycles. The molecule has 2 rings (SSSR count). The Bertz CT molecular complexity index is 702. The van der Waals surface area contributed by atoms with Gasteiger partial charge in [-0.15, -0.1) is 0 Å². The molecule has 0 radical (unpaired) electrons. The minimum atomic E-state index is 0.0198. The number of nitrogens with one attached hydrogen (secondary N) is 1. The summed E-state index contributed by atoms with van der Waals surface area (Å²) in [5.41, 5.74) is 1.67. The van der Waals surface area contributed by atoms with E-state index in [1.54, 1.807) is 12.1 Å². The molecule has 1 aromatic carbocycles. The van der Waals surface area contributed by atoms with E-state index in [9.17, 15) is 0 Å². The maximum absolute atomic E-state index is 8.72. The maximum Gasteiger partial charge on any atom is 0.145 e. The summed E-state index contributed by atoms with van der Waals surface area (Å²) < 4.78 is 7.55. The van der Waals surface area contributed by atoms with Crippen molar-refractivity contribution in [3.05, 3.63) is 54.5 Å². The van der Waals surface area contributed by atoms with Crippen LogP contribution in [-0.4, -0.2) is 11.2 Å². The Balaban J connectivity index is 2.34. The molecule has 21 heavy (non-hydrogen) atoms. The Morgan fingerprint density at radius 2 is 2.00 bits per heavy atom. The lowest BCUT2D eigenvalue weighted by atomic mass is 10.2. The van der Waals surface area contributed by atoms with Gasteiger partial charge in [0.25, 0.3) is 0 Å². The summed E-state index contributed by atoms with van der Waals surface area (Å²) in [6, 6.07) is 13.1. The van der Waals surface area contributed by atoms with E-state index in [2.05, 4.69) is 5.32 Å². The van der Waals surface area contributed by atoms with Crippen molar-refractivity contribution in [3.8, 4) is 23.6 Å². The molecule has 0 saturated heterocycles. The zero-order valence-electron chi connectivity index (χ0n) is 11.6. The van der Waals surface area contributed by atoms with Crippen molar-refractivity contribution in [1.82, 2.24) is 4.57 Å². The molecule has 0 amide bonds. The van der Waals surface area contributed by atoms with Crippen LogP contribution >= 0.6 is 0 Å². The van der Waals surface area contributed by atoms with E-state index in [0.717, 1.165) is 17.1 Å². The Morgan fingerprint density at radius 3 is 2.62 bits per heavy atom. The molecule has 0 fully saturated rings. The zero-order valence-corrected chi connectivity index (χ0v) is 11.6. The summed E-state index contributed by atoms with van der Waals surface area (Å²) in [4.78, 5) is 0. The number of nitriles is 2. The molecule has 0 spiro atoms. The van der Waals surface area contributed by atoms with Crippen LogP contribution in [0.4, 0.5) is 5.69 Å². The Kier molecular flexibility index (Phi) is 4.63. The number of hydrogen-bond donors (Lipinski definition) is 1. The average Bonchev–Trinajstić information content (AvgIpc) is 3.04. The van der Waals surface area contributed by atoms with Gasteiger partial charge in [0.15, 0.2) is 0 Å². The van der Waals surface area contributed by atoms with Crippen molar-refractivity contribution in [2.24, 2.45) is 0 Å². The smallest absolute Gasteiger partial charge is 0.145 e. The Labute approximate surface area is 123 Å². The van der Waals surface area contributed by atoms with Crippen molar-refractivity contribution >= 4 is 5.69 Å². The van der Waals surface area contributed by atoms with E-state index >= 15 is 0 Å². The van der Waals surface area contributed by atoms with Gasteiger partial charge in [-0.25, -0.2) is 0 Å². The van der Waals surface area contributed by atoms with Crippen molar-refractivity contribution in [2.45, 2.75) is 6.92 Å². The van der Waals surface area contributed by atoms with E-state index in [-0.39, 0.29) is 5.57 Å². The second-order valence-electron chi connectivity index (χ2n) is 4.13. The third-order valence-electron chi connectivity index (χ3n) is 2.77. The monoisotopic (exact) mass is 278 g/mol. The Morgan fingerprint density at radius 1 is 1.29 bits per heavy atom. The van der Waals surface area contributed by atoms with Gasteiger partial charge >= 0.3 is 0 Å². The highest BCUT2D eigenvalue weighted by Crippen LogP contribution is 2.27. The molecular weight excluding hydrogens is 264 g/mol. The maximum atomic E-state index is 8.72. The third-order valence-corrected chi connectivity index (χ3v) is 2.77. The number of hydrogen-bond acceptors (Lipinski definition) is 4. The molecular formula is C16H14N4O. The van der Waals surface area contributed by atoms with Gasteiger partial charge in [0.2, 0.25) is 0 Å². The molecule has 1 N–H and O–H groups in total. The van der Waals surface area contributed by atoms with Crippen molar-refractivity contribution in [1.29, 1.82) is 10.5 Å². The summed E-state index contributed by atoms with van der Waals surface area (Å²) in [7, 11) is 0. The fourth-order valence-corrected chi connectivity index (χ4v) is 1.83. The molecule has 5 heteroatoms. The standard InChI is InChI=1S/C16H14N4O/c1-2-21-16-6-5-14(19-12-13(10-17)11-18)9-15(16)20-7-3-4-8-20/h3-9,12,19H,2H2,1H3. The average molecular weight is 278 g/mol. The van der Waals surface area contributed by atoms with Gasteiger partial charge in [-0.3, -0.25) is 0 Å². The lowest BCUT2D eigenvalue weighted by molar-refractivity contribution is 0.339. The topological polar surface area (TPSA) is 73.8 Å². The largest absolute Gasteiger partial charge is 0.492 e. The Hall–Kier alpha value is -3.18. The van der Waals surface area contributed by atoms with Gasteiger partial charge in [-0.2, -0.15) is 10.5 Å². The fraction of sp³-hybridized carbons (Fsp3) is 0.125. The van der Waals surface area contributed by atoms with Gasteiger partial charge in [-0.1, -0.05) is 0 Å². The molecule has 0 aliphatic heterocycles. The normalized spacial score (nSPS) is 9.29. The lowest BCUT2D eigenvalue weighted by Gasteiger charge is -2.13. The van der Waals surface area contributed by atoms with E-state index in [1.807, 2.05) is 54.2 Å². The van der Waals surface area contributed by atoms with Crippen molar-refractivity contribution in [2.75, 3.05) is 11.9 Å². The van der Waals surface area contributed by atoms with Crippen LogP contribution < -0.4 is 10.1 Å². The molecule has 2 aromatic rings. The fourth-order valence-electron chi connectivity index (χ4n) is 1.83. The van der Waals surface area contributed by atoms with Crippen molar-refractivity contribution < 1.29 is 4.74 Å². The molecule has 0 bridgehead atoms. The highest BCUT2D eigenvalue weighted by molar-refractivity contribution is 5.60. The highest BCUT2D eigenvalue weighted by atomic mass is 16.5. The van der Waals surface area contributed by atoms with Gasteiger partial charge < -0.3 is 14.6 Å². The first-order valence-corrected chi connectivity index (χ1v) is 6.45. The van der Waals surface area contributed by atoms with Crippen LogP contribution in [0.25, 0.3) is 5.69 Å². The van der Waals surface area contributed by atoms with Crippen LogP contribution in [0.3, 0.4) is 0 Å². The van der Waals surface area contributed by atoms with Crippen LogP contribution in [0, 0.1) is 22.7 Å². The number of rotatable bonds is 5. The molecule has 0 atom stereocenters. The van der Waals surface area contributed by atoms with Gasteiger partial charge in [0.1, 0.15) is 23.5 Å². The first-order valence-electron chi connectivity index (χ1n) is 6.45. The number of aromatic nitrogens is 1. The summed E-state index contributed by atoms with van der Waals surface area (Å²) in [6.45, 7) is 2.51. The zero-order chi connectivity index (χ0) is 15.1. The number of benzene rings is 1. The summed E-state index contributed by atoms with van der Waals surface area (Å²) in [6.07, 6.45) is 5.23. The number of nitrogens with zero attached hydrogens (tertiary/aromatic N) is 3. The molecule has 0 unspecified atom stereocenters. The highest BCUT2D eigenvalue weighted by Gasteiger charge is 2.06. The number of anilines is 1. The number of allylic oxidation sites excluding steroid dienone is 1. The summed E-state index contributed by atoms with van der Waals surface area (Å²) in [5, 5.41) is 20.4. The molecule has 0 aliphatic carbocycles.